The normalized spacial score (nSPS) is 20.8. The van der Waals surface area contributed by atoms with Gasteiger partial charge in [-0.3, -0.25) is 14.5 Å². The predicted octanol–water partition coefficient (Wildman–Crippen LogP) is 5.07. The first kappa shape index (κ1) is 27.2. The van der Waals surface area contributed by atoms with Crippen LogP contribution in [0.15, 0.2) is 36.5 Å². The Morgan fingerprint density at radius 1 is 1.16 bits per heavy atom. The number of hydrogen-bond donors (Lipinski definition) is 2. The van der Waals surface area contributed by atoms with E-state index in [1.165, 1.54) is 11.3 Å². The Morgan fingerprint density at radius 3 is 2.46 bits per heavy atom. The molecule has 1 aromatic carbocycles. The molecule has 10 heteroatoms. The fraction of sp³-hybridized carbons (Fsp3) is 0.481. The third kappa shape index (κ3) is 6.02. The van der Waals surface area contributed by atoms with Gasteiger partial charge >= 0.3 is 6.03 Å². The molecule has 2 heterocycles. The lowest BCUT2D eigenvalue weighted by molar-refractivity contribution is -0.156. The molecule has 198 valence electrons. The van der Waals surface area contributed by atoms with Gasteiger partial charge in [0.05, 0.1) is 5.92 Å². The zero-order valence-electron chi connectivity index (χ0n) is 21.1. The van der Waals surface area contributed by atoms with Gasteiger partial charge in [0.15, 0.2) is 0 Å². The van der Waals surface area contributed by atoms with Crippen molar-refractivity contribution in [3.63, 3.8) is 0 Å². The maximum Gasteiger partial charge on any atom is 0.325 e. The first-order valence-corrected chi connectivity index (χ1v) is 13.5. The van der Waals surface area contributed by atoms with Crippen LogP contribution in [0.5, 0.6) is 0 Å². The summed E-state index contributed by atoms with van der Waals surface area (Å²) in [5.41, 5.74) is 7.07. The topological polar surface area (TPSA) is 109 Å². The average Bonchev–Trinajstić information content (AvgIpc) is 2.87. The molecular weight excluding hydrogens is 513 g/mol. The molecule has 3 atom stereocenters. The summed E-state index contributed by atoms with van der Waals surface area (Å²) < 4.78 is 0. The van der Waals surface area contributed by atoms with Gasteiger partial charge in [0.1, 0.15) is 11.9 Å². The highest BCUT2D eigenvalue weighted by Gasteiger charge is 2.55. The minimum Gasteiger partial charge on any atom is -0.384 e. The maximum atomic E-state index is 13.8. The third-order valence-electron chi connectivity index (χ3n) is 7.52. The van der Waals surface area contributed by atoms with Gasteiger partial charge in [0.25, 0.3) is 5.91 Å². The molecule has 37 heavy (non-hydrogen) atoms. The number of amides is 4. The van der Waals surface area contributed by atoms with Gasteiger partial charge in [-0.2, -0.15) is 0 Å². The first-order valence-electron chi connectivity index (χ1n) is 12.8. The van der Waals surface area contributed by atoms with Crippen LogP contribution in [0.2, 0.25) is 10.0 Å². The van der Waals surface area contributed by atoms with Crippen LogP contribution in [-0.4, -0.2) is 46.9 Å². The molecule has 1 aromatic heterocycles. The number of carbonyl (C=O) groups excluding carboxylic acids is 3. The second kappa shape index (κ2) is 11.7. The Labute approximate surface area is 227 Å². The van der Waals surface area contributed by atoms with Crippen molar-refractivity contribution < 1.29 is 14.4 Å². The highest BCUT2D eigenvalue weighted by molar-refractivity contribution is 6.35. The number of anilines is 2. The van der Waals surface area contributed by atoms with Crippen LogP contribution in [0, 0.1) is 11.8 Å². The summed E-state index contributed by atoms with van der Waals surface area (Å²) in [7, 11) is 1.58. The lowest BCUT2D eigenvalue weighted by atomic mass is 9.81. The summed E-state index contributed by atoms with van der Waals surface area (Å²) in [6.07, 6.45) is 8.19. The number of urea groups is 1. The molecule has 4 rings (SSSR count). The van der Waals surface area contributed by atoms with E-state index < -0.39 is 23.9 Å². The monoisotopic (exact) mass is 545 g/mol. The summed E-state index contributed by atoms with van der Waals surface area (Å²) in [4.78, 5) is 47.0. The molecule has 2 aliphatic rings. The van der Waals surface area contributed by atoms with Gasteiger partial charge in [-0.25, -0.2) is 9.78 Å². The number of nitrogens with two attached hydrogens (primary N) is 1. The summed E-state index contributed by atoms with van der Waals surface area (Å²) >= 11 is 12.3. The number of nitrogens with zero attached hydrogens (tertiary/aromatic N) is 3. The second-order valence-corrected chi connectivity index (χ2v) is 10.8. The van der Waals surface area contributed by atoms with E-state index in [9.17, 15) is 14.4 Å². The van der Waals surface area contributed by atoms with E-state index >= 15 is 0 Å². The van der Waals surface area contributed by atoms with Crippen LogP contribution in [0.3, 0.4) is 0 Å². The fourth-order valence-electron chi connectivity index (χ4n) is 5.51. The lowest BCUT2D eigenvalue weighted by Gasteiger charge is -2.46. The number of aromatic nitrogens is 1. The number of carbonyl (C=O) groups is 3. The predicted molar refractivity (Wildman–Crippen MR) is 146 cm³/mol. The third-order valence-corrected chi connectivity index (χ3v) is 7.96. The Bertz CT molecular complexity index is 1150. The van der Waals surface area contributed by atoms with Gasteiger partial charge in [-0.05, 0) is 67.5 Å². The van der Waals surface area contributed by atoms with Gasteiger partial charge in [0, 0.05) is 35.0 Å². The van der Waals surface area contributed by atoms with Crippen molar-refractivity contribution in [2.45, 2.75) is 64.0 Å². The number of benzene rings is 1. The SMILES string of the molecule is CC[C@@H](NC(=O)N1C(=O)[C@H](Cc2ccnc(N)c2)[C@H]1C(=O)N(C)c1cc(Cl)cc(Cl)c1)C1CCCCC1. The van der Waals surface area contributed by atoms with Crippen LogP contribution in [-0.2, 0) is 16.0 Å². The van der Waals surface area contributed by atoms with E-state index in [0.717, 1.165) is 42.6 Å². The molecule has 1 saturated carbocycles. The molecule has 2 aromatic rings. The second-order valence-electron chi connectivity index (χ2n) is 9.94. The van der Waals surface area contributed by atoms with Gasteiger partial charge in [0.2, 0.25) is 5.91 Å². The number of rotatable bonds is 7. The van der Waals surface area contributed by atoms with E-state index in [4.69, 9.17) is 28.9 Å². The number of imide groups is 1. The van der Waals surface area contributed by atoms with Crippen LogP contribution in [0.1, 0.15) is 51.0 Å². The molecule has 0 bridgehead atoms. The number of halogens is 2. The molecule has 4 amide bonds. The number of hydrogen-bond acceptors (Lipinski definition) is 5. The minimum absolute atomic E-state index is 0.0418. The van der Waals surface area contributed by atoms with Crippen molar-refractivity contribution in [1.29, 1.82) is 0 Å². The van der Waals surface area contributed by atoms with Crippen molar-refractivity contribution in [3.8, 4) is 0 Å². The molecule has 3 N–H and O–H groups in total. The smallest absolute Gasteiger partial charge is 0.325 e. The van der Waals surface area contributed by atoms with Gasteiger partial charge in [-0.15, -0.1) is 0 Å². The van der Waals surface area contributed by atoms with Gasteiger partial charge in [-0.1, -0.05) is 49.4 Å². The van der Waals surface area contributed by atoms with E-state index in [2.05, 4.69) is 10.3 Å². The van der Waals surface area contributed by atoms with E-state index in [-0.39, 0.29) is 18.4 Å². The number of pyridine rings is 1. The first-order chi connectivity index (χ1) is 17.7. The maximum absolute atomic E-state index is 13.8. The molecule has 2 fully saturated rings. The van der Waals surface area contributed by atoms with Gasteiger partial charge < -0.3 is 16.0 Å². The highest BCUT2D eigenvalue weighted by Crippen LogP contribution is 2.35. The fourth-order valence-corrected chi connectivity index (χ4v) is 6.02. The average molecular weight is 546 g/mol. The Hall–Kier alpha value is -2.84. The molecular formula is C27H33Cl2N5O3. The van der Waals surface area contributed by atoms with Crippen molar-refractivity contribution in [3.05, 3.63) is 52.1 Å². The molecule has 0 radical (unpaired) electrons. The Kier molecular flexibility index (Phi) is 8.60. The zero-order valence-corrected chi connectivity index (χ0v) is 22.6. The number of likely N-dealkylation sites (tertiary alicyclic amines) is 1. The summed E-state index contributed by atoms with van der Waals surface area (Å²) in [5.74, 6) is -0.800. The zero-order chi connectivity index (χ0) is 26.7. The minimum atomic E-state index is -0.978. The molecule has 0 spiro atoms. The largest absolute Gasteiger partial charge is 0.384 e. The standard InChI is InChI=1S/C27H33Cl2N5O3/c1-3-22(17-7-5-4-6-8-17)32-27(37)34-24(21(25(34)35)11-16-9-10-31-23(30)12-16)26(36)33(2)20-14-18(28)13-19(29)15-20/h9-10,12-15,17,21-22,24H,3-8,11H2,1-2H3,(H2,30,31)(H,32,37)/t21-,22-,24+/m1/s1. The summed E-state index contributed by atoms with van der Waals surface area (Å²) in [6.45, 7) is 2.04. The summed E-state index contributed by atoms with van der Waals surface area (Å²) in [6, 6.07) is 6.69. The number of β-lactam (4-membered cyclic amide) rings is 1. The van der Waals surface area contributed by atoms with Crippen LogP contribution < -0.4 is 16.0 Å². The number of likely N-dealkylation sites (N-methyl/N-ethyl adjacent to an activating group) is 1. The number of nitrogens with one attached hydrogen (secondary N) is 1. The van der Waals surface area contributed by atoms with Crippen molar-refractivity contribution in [1.82, 2.24) is 15.2 Å². The van der Waals surface area contributed by atoms with E-state index in [1.54, 1.807) is 43.6 Å². The van der Waals surface area contributed by atoms with Crippen LogP contribution in [0.4, 0.5) is 16.3 Å². The molecule has 0 unspecified atom stereocenters. The van der Waals surface area contributed by atoms with E-state index in [0.29, 0.717) is 27.5 Å². The molecule has 1 saturated heterocycles. The Morgan fingerprint density at radius 2 is 1.84 bits per heavy atom. The van der Waals surface area contributed by atoms with Crippen molar-refractivity contribution in [2.24, 2.45) is 11.8 Å². The molecule has 1 aliphatic carbocycles. The molecule has 8 nitrogen and oxygen atoms in total. The number of nitrogen functional groups attached to an aromatic ring is 1. The Balaban J connectivity index is 1.59. The van der Waals surface area contributed by atoms with Crippen LogP contribution in [0.25, 0.3) is 0 Å². The van der Waals surface area contributed by atoms with Crippen LogP contribution >= 0.6 is 23.2 Å². The van der Waals surface area contributed by atoms with Crippen molar-refractivity contribution >= 4 is 52.6 Å². The summed E-state index contributed by atoms with van der Waals surface area (Å²) in [5, 5.41) is 3.82. The quantitative estimate of drug-likeness (QED) is 0.472. The van der Waals surface area contributed by atoms with Crippen molar-refractivity contribution in [2.75, 3.05) is 17.7 Å². The molecule has 1 aliphatic heterocycles. The lowest BCUT2D eigenvalue weighted by Crippen LogP contribution is -2.71. The van der Waals surface area contributed by atoms with E-state index in [1.807, 2.05) is 6.92 Å². The highest BCUT2D eigenvalue weighted by atomic mass is 35.5.